The highest BCUT2D eigenvalue weighted by Gasteiger charge is 2.38. The highest BCUT2D eigenvalue weighted by molar-refractivity contribution is 6.01. The molecule has 8 heteroatoms. The van der Waals surface area contributed by atoms with Crippen molar-refractivity contribution >= 4 is 23.8 Å². The van der Waals surface area contributed by atoms with Gasteiger partial charge in [0.1, 0.15) is 6.04 Å². The smallest absolute Gasteiger partial charge is 0.303 e. The van der Waals surface area contributed by atoms with E-state index in [1.54, 1.807) is 0 Å². The van der Waals surface area contributed by atoms with Gasteiger partial charge in [-0.1, -0.05) is 0 Å². The summed E-state index contributed by atoms with van der Waals surface area (Å²) in [6, 6.07) is 1.08. The van der Waals surface area contributed by atoms with Crippen molar-refractivity contribution in [2.24, 2.45) is 0 Å². The first-order valence-electron chi connectivity index (χ1n) is 5.24. The molecule has 5 amide bonds. The van der Waals surface area contributed by atoms with Crippen molar-refractivity contribution in [1.29, 1.82) is 5.26 Å². The Balaban J connectivity index is 0.000000199. The first-order chi connectivity index (χ1) is 8.43. The predicted octanol–water partition coefficient (Wildman–Crippen LogP) is -1.13. The summed E-state index contributed by atoms with van der Waals surface area (Å²) in [5, 5.41) is 12.5. The number of nitriles is 1. The summed E-state index contributed by atoms with van der Waals surface area (Å²) in [6.45, 7) is 1.68. The van der Waals surface area contributed by atoms with Crippen LogP contribution in [0.1, 0.15) is 19.8 Å². The fourth-order valence-corrected chi connectivity index (χ4v) is 1.20. The maximum absolute atomic E-state index is 10.8. The highest BCUT2D eigenvalue weighted by Crippen LogP contribution is 2.15. The summed E-state index contributed by atoms with van der Waals surface area (Å²) in [6.07, 6.45) is 0.748. The molecule has 0 aromatic heterocycles. The molecule has 96 valence electrons. The maximum Gasteiger partial charge on any atom is 0.325 e. The average molecular weight is 252 g/mol. The number of nitrogens with zero attached hydrogens (tertiary/aromatic N) is 2. The fraction of sp³-hybridized carbons (Fsp3) is 0.500. The van der Waals surface area contributed by atoms with Gasteiger partial charge in [-0.15, -0.1) is 0 Å². The van der Waals surface area contributed by atoms with Gasteiger partial charge in [0.15, 0.2) is 0 Å². The molecule has 0 aromatic carbocycles. The molecule has 1 atom stereocenters. The standard InChI is InChI=1S/C6H7N3O2.C4H5NO2/c1-4(10)8-6(11)9-3-5(9)2-7;6-3-1-2-4(7)5-3/h5H,3H2,1H3,(H,8,10,11);1-2H2,(H,5,6,7). The molecule has 0 spiro atoms. The Labute approximate surface area is 103 Å². The summed E-state index contributed by atoms with van der Waals surface area (Å²) in [7, 11) is 0. The zero-order valence-corrected chi connectivity index (χ0v) is 9.73. The third-order valence-corrected chi connectivity index (χ3v) is 2.16. The molecule has 18 heavy (non-hydrogen) atoms. The summed E-state index contributed by atoms with van der Waals surface area (Å²) in [5.41, 5.74) is 0. The highest BCUT2D eigenvalue weighted by atomic mass is 16.2. The molecule has 0 aromatic rings. The molecule has 2 N–H and O–H groups in total. The number of urea groups is 1. The number of carbonyl (C=O) groups excluding carboxylic acids is 4. The lowest BCUT2D eigenvalue weighted by atomic mass is 10.4. The van der Waals surface area contributed by atoms with Crippen LogP contribution < -0.4 is 10.6 Å². The molecule has 2 heterocycles. The molecule has 2 aliphatic heterocycles. The van der Waals surface area contributed by atoms with Crippen LogP contribution in [-0.2, 0) is 14.4 Å². The van der Waals surface area contributed by atoms with Crippen molar-refractivity contribution in [3.63, 3.8) is 0 Å². The van der Waals surface area contributed by atoms with Gasteiger partial charge >= 0.3 is 6.03 Å². The summed E-state index contributed by atoms with van der Waals surface area (Å²) in [4.78, 5) is 42.7. The maximum atomic E-state index is 10.8. The van der Waals surface area contributed by atoms with E-state index in [4.69, 9.17) is 5.26 Å². The van der Waals surface area contributed by atoms with Gasteiger partial charge in [0.05, 0.1) is 12.6 Å². The van der Waals surface area contributed by atoms with E-state index in [0.717, 1.165) is 0 Å². The average Bonchev–Trinajstić information content (AvgIpc) is 2.98. The minimum atomic E-state index is -0.482. The zero-order chi connectivity index (χ0) is 13.7. The Hall–Kier alpha value is -2.43. The third-order valence-electron chi connectivity index (χ3n) is 2.16. The van der Waals surface area contributed by atoms with Gasteiger partial charge in [0.25, 0.3) is 0 Å². The second kappa shape index (κ2) is 5.77. The van der Waals surface area contributed by atoms with Crippen LogP contribution in [-0.4, -0.2) is 41.2 Å². The zero-order valence-electron chi connectivity index (χ0n) is 9.73. The van der Waals surface area contributed by atoms with Gasteiger partial charge in [-0.2, -0.15) is 5.26 Å². The number of nitrogens with one attached hydrogen (secondary N) is 2. The lowest BCUT2D eigenvalue weighted by Crippen LogP contribution is -2.32. The number of hydrogen-bond donors (Lipinski definition) is 2. The molecule has 0 bridgehead atoms. The monoisotopic (exact) mass is 252 g/mol. The van der Waals surface area contributed by atoms with Crippen molar-refractivity contribution in [3.05, 3.63) is 0 Å². The van der Waals surface area contributed by atoms with Gasteiger partial charge in [-0.05, 0) is 0 Å². The SMILES string of the molecule is CC(=O)NC(=O)N1CC1C#N.O=C1CCC(=O)N1. The van der Waals surface area contributed by atoms with Crippen molar-refractivity contribution in [1.82, 2.24) is 15.5 Å². The third kappa shape index (κ3) is 4.21. The molecule has 0 saturated carbocycles. The Morgan fingerprint density at radius 3 is 2.22 bits per heavy atom. The number of rotatable bonds is 0. The molecular weight excluding hydrogens is 240 g/mol. The number of imide groups is 2. The first kappa shape index (κ1) is 13.6. The normalized spacial score (nSPS) is 20.2. The molecule has 2 fully saturated rings. The molecule has 1 unspecified atom stereocenters. The topological polar surface area (TPSA) is 119 Å². The summed E-state index contributed by atoms with van der Waals surface area (Å²) >= 11 is 0. The summed E-state index contributed by atoms with van der Waals surface area (Å²) < 4.78 is 0. The second-order valence-corrected chi connectivity index (χ2v) is 3.75. The van der Waals surface area contributed by atoms with Crippen LogP contribution in [0.5, 0.6) is 0 Å². The van der Waals surface area contributed by atoms with E-state index in [0.29, 0.717) is 19.4 Å². The van der Waals surface area contributed by atoms with Crippen LogP contribution in [0.3, 0.4) is 0 Å². The van der Waals surface area contributed by atoms with Gasteiger partial charge < -0.3 is 4.90 Å². The van der Waals surface area contributed by atoms with Crippen LogP contribution in [0.25, 0.3) is 0 Å². The Morgan fingerprint density at radius 2 is 1.94 bits per heavy atom. The van der Waals surface area contributed by atoms with Crippen LogP contribution in [0, 0.1) is 11.3 Å². The molecule has 0 radical (unpaired) electrons. The van der Waals surface area contributed by atoms with Crippen LogP contribution >= 0.6 is 0 Å². The van der Waals surface area contributed by atoms with Gasteiger partial charge in [0.2, 0.25) is 17.7 Å². The summed E-state index contributed by atoms with van der Waals surface area (Å²) in [5.74, 6) is -0.700. The van der Waals surface area contributed by atoms with E-state index < -0.39 is 11.9 Å². The fourth-order valence-electron chi connectivity index (χ4n) is 1.20. The van der Waals surface area contributed by atoms with E-state index >= 15 is 0 Å². The molecule has 2 rings (SSSR count). The minimum Gasteiger partial charge on any atom is -0.303 e. The first-order valence-corrected chi connectivity index (χ1v) is 5.24. The van der Waals surface area contributed by atoms with E-state index in [1.807, 2.05) is 6.07 Å². The van der Waals surface area contributed by atoms with Crippen molar-refractivity contribution in [2.45, 2.75) is 25.8 Å². The minimum absolute atomic E-state index is 0.148. The van der Waals surface area contributed by atoms with Crippen LogP contribution in [0.2, 0.25) is 0 Å². The number of amides is 5. The molecular formula is C10H12N4O4. The van der Waals surface area contributed by atoms with Crippen molar-refractivity contribution in [2.75, 3.05) is 6.54 Å². The van der Waals surface area contributed by atoms with E-state index in [2.05, 4.69) is 10.6 Å². The quantitative estimate of drug-likeness (QED) is 0.417. The van der Waals surface area contributed by atoms with E-state index in [-0.39, 0.29) is 17.9 Å². The molecule has 2 saturated heterocycles. The Morgan fingerprint density at radius 1 is 1.39 bits per heavy atom. The van der Waals surface area contributed by atoms with Crippen molar-refractivity contribution in [3.8, 4) is 6.07 Å². The molecule has 2 aliphatic rings. The van der Waals surface area contributed by atoms with Crippen molar-refractivity contribution < 1.29 is 19.2 Å². The molecule has 0 aliphatic carbocycles. The lowest BCUT2D eigenvalue weighted by molar-refractivity contribution is -0.125. The van der Waals surface area contributed by atoms with Gasteiger partial charge in [-0.25, -0.2) is 4.79 Å². The Bertz CT molecular complexity index is 426. The van der Waals surface area contributed by atoms with Crippen LogP contribution in [0.15, 0.2) is 0 Å². The van der Waals surface area contributed by atoms with Gasteiger partial charge in [-0.3, -0.25) is 25.0 Å². The largest absolute Gasteiger partial charge is 0.325 e. The Kier molecular flexibility index (Phi) is 4.37. The predicted molar refractivity (Wildman–Crippen MR) is 57.7 cm³/mol. The molecule has 8 nitrogen and oxygen atoms in total. The van der Waals surface area contributed by atoms with E-state index in [9.17, 15) is 19.2 Å². The van der Waals surface area contributed by atoms with Crippen LogP contribution in [0.4, 0.5) is 4.79 Å². The lowest BCUT2D eigenvalue weighted by Gasteiger charge is -1.99. The number of hydrogen-bond acceptors (Lipinski definition) is 5. The van der Waals surface area contributed by atoms with Gasteiger partial charge in [0, 0.05) is 19.8 Å². The second-order valence-electron chi connectivity index (χ2n) is 3.75. The van der Waals surface area contributed by atoms with E-state index in [1.165, 1.54) is 11.8 Å². The number of carbonyl (C=O) groups is 4.